The molecule has 2 aromatic carbocycles. The molecule has 2 N–H and O–H groups in total. The summed E-state index contributed by atoms with van der Waals surface area (Å²) in [5.74, 6) is -0.757. The minimum Gasteiger partial charge on any atom is -0.484 e. The van der Waals surface area contributed by atoms with E-state index in [2.05, 4.69) is 26.8 Å². The number of ether oxygens (including phenoxy) is 1. The lowest BCUT2D eigenvalue weighted by atomic mass is 10.2. The summed E-state index contributed by atoms with van der Waals surface area (Å²) in [6, 6.07) is 12.1. The summed E-state index contributed by atoms with van der Waals surface area (Å²) in [5.41, 5.74) is 4.17. The number of halogens is 1. The fourth-order valence-electron chi connectivity index (χ4n) is 1.70. The van der Waals surface area contributed by atoms with Gasteiger partial charge in [-0.3, -0.25) is 30.6 Å². The van der Waals surface area contributed by atoms with E-state index in [4.69, 9.17) is 4.74 Å². The first-order valence-corrected chi connectivity index (χ1v) is 7.47. The highest BCUT2D eigenvalue weighted by Crippen LogP contribution is 2.17. The lowest BCUT2D eigenvalue weighted by Gasteiger charge is -2.09. The van der Waals surface area contributed by atoms with Crippen molar-refractivity contribution in [2.45, 2.75) is 0 Å². The number of carbonyl (C=O) groups is 2. The number of rotatable bonds is 5. The van der Waals surface area contributed by atoms with Gasteiger partial charge in [-0.25, -0.2) is 0 Å². The van der Waals surface area contributed by atoms with Crippen LogP contribution in [0.5, 0.6) is 5.75 Å². The molecule has 0 aromatic heterocycles. The number of nitro benzene ring substituents is 1. The Morgan fingerprint density at radius 1 is 1.12 bits per heavy atom. The molecule has 2 rings (SSSR count). The number of hydrogen-bond donors (Lipinski definition) is 2. The molecule has 0 saturated carbocycles. The highest BCUT2D eigenvalue weighted by molar-refractivity contribution is 9.10. The van der Waals surface area contributed by atoms with Crippen LogP contribution in [0.4, 0.5) is 5.69 Å². The van der Waals surface area contributed by atoms with Gasteiger partial charge in [0.25, 0.3) is 17.5 Å². The Hall–Kier alpha value is -2.94. The second-order valence-corrected chi connectivity index (χ2v) is 5.47. The van der Waals surface area contributed by atoms with E-state index >= 15 is 0 Å². The molecule has 0 fully saturated rings. The molecular formula is C15H12BrN3O5. The second kappa shape index (κ2) is 8.06. The van der Waals surface area contributed by atoms with Crippen LogP contribution in [0.15, 0.2) is 53.0 Å². The molecule has 0 aliphatic rings. The molecule has 8 nitrogen and oxygen atoms in total. The molecule has 0 aliphatic carbocycles. The standard InChI is InChI=1S/C15H12BrN3O5/c16-11-4-2-6-13(8-11)24-9-14(20)17-18-15(21)10-3-1-5-12(7-10)19(22)23/h1-8H,9H2,(H,17,20)(H,18,21). The number of non-ortho nitro benzene ring substituents is 1. The topological polar surface area (TPSA) is 111 Å². The summed E-state index contributed by atoms with van der Waals surface area (Å²) in [6.45, 7) is -0.300. The lowest BCUT2D eigenvalue weighted by Crippen LogP contribution is -2.43. The maximum atomic E-state index is 11.8. The molecule has 0 unspecified atom stereocenters. The molecule has 0 atom stereocenters. The van der Waals surface area contributed by atoms with Gasteiger partial charge < -0.3 is 4.74 Å². The van der Waals surface area contributed by atoms with Gasteiger partial charge in [-0.05, 0) is 24.3 Å². The first-order valence-electron chi connectivity index (χ1n) is 6.68. The highest BCUT2D eigenvalue weighted by atomic mass is 79.9. The van der Waals surface area contributed by atoms with E-state index in [1.54, 1.807) is 18.2 Å². The van der Waals surface area contributed by atoms with Gasteiger partial charge in [0.15, 0.2) is 6.61 Å². The van der Waals surface area contributed by atoms with Crippen LogP contribution in [0.3, 0.4) is 0 Å². The summed E-state index contributed by atoms with van der Waals surface area (Å²) >= 11 is 3.28. The van der Waals surface area contributed by atoms with Gasteiger partial charge >= 0.3 is 0 Å². The first-order chi connectivity index (χ1) is 11.5. The number of amides is 2. The maximum Gasteiger partial charge on any atom is 0.276 e. The van der Waals surface area contributed by atoms with Crippen molar-refractivity contribution >= 4 is 33.4 Å². The number of hydrogen-bond acceptors (Lipinski definition) is 5. The average molecular weight is 394 g/mol. The molecule has 0 spiro atoms. The van der Waals surface area contributed by atoms with Crippen molar-refractivity contribution in [3.63, 3.8) is 0 Å². The number of carbonyl (C=O) groups excluding carboxylic acids is 2. The van der Waals surface area contributed by atoms with Gasteiger partial charge in [-0.1, -0.05) is 28.1 Å². The minimum absolute atomic E-state index is 0.0532. The summed E-state index contributed by atoms with van der Waals surface area (Å²) in [7, 11) is 0. The summed E-state index contributed by atoms with van der Waals surface area (Å²) in [6.07, 6.45) is 0. The summed E-state index contributed by atoms with van der Waals surface area (Å²) < 4.78 is 6.06. The number of nitrogens with one attached hydrogen (secondary N) is 2. The second-order valence-electron chi connectivity index (χ2n) is 4.56. The summed E-state index contributed by atoms with van der Waals surface area (Å²) in [4.78, 5) is 33.5. The van der Waals surface area contributed by atoms with Crippen molar-refractivity contribution in [3.8, 4) is 5.75 Å². The van der Waals surface area contributed by atoms with E-state index in [1.165, 1.54) is 18.2 Å². The van der Waals surface area contributed by atoms with E-state index < -0.39 is 16.7 Å². The molecular weight excluding hydrogens is 382 g/mol. The van der Waals surface area contributed by atoms with Crippen LogP contribution in [-0.4, -0.2) is 23.3 Å². The van der Waals surface area contributed by atoms with E-state index in [0.29, 0.717) is 5.75 Å². The molecule has 24 heavy (non-hydrogen) atoms. The van der Waals surface area contributed by atoms with Gasteiger partial charge in [-0.2, -0.15) is 0 Å². The first kappa shape index (κ1) is 17.4. The zero-order chi connectivity index (χ0) is 17.5. The Kier molecular flexibility index (Phi) is 5.85. The van der Waals surface area contributed by atoms with Crippen LogP contribution in [0.1, 0.15) is 10.4 Å². The van der Waals surface area contributed by atoms with E-state index in [-0.39, 0.29) is 17.9 Å². The molecule has 0 bridgehead atoms. The van der Waals surface area contributed by atoms with Crippen molar-refractivity contribution in [3.05, 3.63) is 68.7 Å². The lowest BCUT2D eigenvalue weighted by molar-refractivity contribution is -0.384. The highest BCUT2D eigenvalue weighted by Gasteiger charge is 2.12. The fraction of sp³-hybridized carbons (Fsp3) is 0.0667. The van der Waals surface area contributed by atoms with Gasteiger partial charge in [0.1, 0.15) is 5.75 Å². The van der Waals surface area contributed by atoms with Crippen LogP contribution in [0.25, 0.3) is 0 Å². The van der Waals surface area contributed by atoms with Gasteiger partial charge in [-0.15, -0.1) is 0 Å². The largest absolute Gasteiger partial charge is 0.484 e. The molecule has 0 heterocycles. The number of hydrazine groups is 1. The molecule has 0 radical (unpaired) electrons. The Balaban J connectivity index is 1.84. The molecule has 2 aromatic rings. The third-order valence-electron chi connectivity index (χ3n) is 2.80. The van der Waals surface area contributed by atoms with Crippen LogP contribution in [0.2, 0.25) is 0 Å². The molecule has 124 valence electrons. The Morgan fingerprint density at radius 3 is 2.58 bits per heavy atom. The Bertz CT molecular complexity index is 781. The van der Waals surface area contributed by atoms with Gasteiger partial charge in [0.05, 0.1) is 4.92 Å². The van der Waals surface area contributed by atoms with Crippen molar-refractivity contribution in [2.24, 2.45) is 0 Å². The van der Waals surface area contributed by atoms with Gasteiger partial charge in [0, 0.05) is 22.2 Å². The van der Waals surface area contributed by atoms with Crippen molar-refractivity contribution in [1.29, 1.82) is 0 Å². The third kappa shape index (κ3) is 5.06. The quantitative estimate of drug-likeness (QED) is 0.597. The predicted molar refractivity (Wildman–Crippen MR) is 88.3 cm³/mol. The summed E-state index contributed by atoms with van der Waals surface area (Å²) in [5, 5.41) is 10.7. The smallest absolute Gasteiger partial charge is 0.276 e. The normalized spacial score (nSPS) is 9.88. The van der Waals surface area contributed by atoms with Crippen LogP contribution >= 0.6 is 15.9 Å². The molecule has 0 aliphatic heterocycles. The molecule has 2 amide bonds. The van der Waals surface area contributed by atoms with Gasteiger partial charge in [0.2, 0.25) is 0 Å². The van der Waals surface area contributed by atoms with E-state index in [1.807, 2.05) is 6.07 Å². The average Bonchev–Trinajstić information content (AvgIpc) is 2.58. The van der Waals surface area contributed by atoms with Crippen molar-refractivity contribution in [2.75, 3.05) is 6.61 Å². The zero-order valence-electron chi connectivity index (χ0n) is 12.2. The van der Waals surface area contributed by atoms with Crippen LogP contribution in [0, 0.1) is 10.1 Å². The third-order valence-corrected chi connectivity index (χ3v) is 3.29. The fourth-order valence-corrected chi connectivity index (χ4v) is 2.08. The van der Waals surface area contributed by atoms with E-state index in [0.717, 1.165) is 10.5 Å². The van der Waals surface area contributed by atoms with Crippen LogP contribution < -0.4 is 15.6 Å². The zero-order valence-corrected chi connectivity index (χ0v) is 13.8. The number of nitrogens with zero attached hydrogens (tertiary/aromatic N) is 1. The SMILES string of the molecule is O=C(COc1cccc(Br)c1)NNC(=O)c1cccc([N+](=O)[O-])c1. The predicted octanol–water partition coefficient (Wildman–Crippen LogP) is 2.20. The molecule has 0 saturated heterocycles. The van der Waals surface area contributed by atoms with Crippen molar-refractivity contribution in [1.82, 2.24) is 10.9 Å². The van der Waals surface area contributed by atoms with E-state index in [9.17, 15) is 19.7 Å². The minimum atomic E-state index is -0.672. The van der Waals surface area contributed by atoms with Crippen molar-refractivity contribution < 1.29 is 19.2 Å². The Labute approximate surface area is 145 Å². The maximum absolute atomic E-state index is 11.8. The monoisotopic (exact) mass is 393 g/mol. The Morgan fingerprint density at radius 2 is 1.88 bits per heavy atom. The number of nitro groups is 1. The number of benzene rings is 2. The molecule has 9 heteroatoms. The van der Waals surface area contributed by atoms with Crippen LogP contribution in [-0.2, 0) is 4.79 Å².